The largest absolute Gasteiger partial charge is 0.494 e. The number of hydrogen-bond acceptors (Lipinski definition) is 7. The van der Waals surface area contributed by atoms with Crippen molar-refractivity contribution in [1.29, 1.82) is 0 Å². The van der Waals surface area contributed by atoms with E-state index in [0.29, 0.717) is 25.4 Å². The van der Waals surface area contributed by atoms with E-state index in [1.54, 1.807) is 12.1 Å². The van der Waals surface area contributed by atoms with Crippen molar-refractivity contribution in [1.82, 2.24) is 0 Å². The van der Waals surface area contributed by atoms with Crippen LogP contribution in [0.1, 0.15) is 87.6 Å². The Kier molecular flexibility index (Phi) is 14.2. The van der Waals surface area contributed by atoms with E-state index in [1.807, 2.05) is 36.4 Å². The van der Waals surface area contributed by atoms with Crippen LogP contribution < -0.4 is 9.47 Å². The molecule has 1 N–H and O–H groups in total. The van der Waals surface area contributed by atoms with Gasteiger partial charge in [0.25, 0.3) is 0 Å². The molecule has 7 heteroatoms. The fourth-order valence-corrected chi connectivity index (χ4v) is 4.55. The number of benzene rings is 2. The second kappa shape index (κ2) is 17.9. The van der Waals surface area contributed by atoms with Crippen LogP contribution >= 0.6 is 0 Å². The topological polar surface area (TPSA) is 83.5 Å². The van der Waals surface area contributed by atoms with Gasteiger partial charge in [-0.25, -0.2) is 4.79 Å². The van der Waals surface area contributed by atoms with Crippen molar-refractivity contribution in [2.45, 2.75) is 96.6 Å². The standard InChI is InChI=1S/C19H26O5.C13H20O2/c1-2-3-4-5-11-21-15-8-6-14(7-9-15)19(20)24-17-13-23-16-10-12-22-18(16)17;1-2-3-4-5-10-15-13-8-6-12(11-14)7-9-13/h6-9,16-18H,2-5,10-13H2,1H3;6-9,14H,2-5,10-11H2,1H3/t16-,17?,18+;/m1./s1. The Labute approximate surface area is 233 Å². The molecule has 0 spiro atoms. The molecule has 2 fully saturated rings. The van der Waals surface area contributed by atoms with Gasteiger partial charge in [0.05, 0.1) is 38.1 Å². The van der Waals surface area contributed by atoms with Gasteiger partial charge in [-0.15, -0.1) is 0 Å². The first-order chi connectivity index (χ1) is 19.1. The van der Waals surface area contributed by atoms with Crippen molar-refractivity contribution >= 4 is 5.97 Å². The van der Waals surface area contributed by atoms with Crippen molar-refractivity contribution in [3.8, 4) is 11.5 Å². The molecule has 2 heterocycles. The third-order valence-corrected chi connectivity index (χ3v) is 6.91. The van der Waals surface area contributed by atoms with Gasteiger partial charge in [0.15, 0.2) is 6.10 Å². The summed E-state index contributed by atoms with van der Waals surface area (Å²) in [6, 6.07) is 14.7. The minimum Gasteiger partial charge on any atom is -0.494 e. The molecular weight excluding hydrogens is 496 g/mol. The molecule has 0 saturated carbocycles. The molecule has 3 atom stereocenters. The van der Waals surface area contributed by atoms with E-state index in [2.05, 4.69) is 13.8 Å². The molecule has 2 aromatic carbocycles. The van der Waals surface area contributed by atoms with Crippen LogP contribution in [0.2, 0.25) is 0 Å². The zero-order valence-corrected chi connectivity index (χ0v) is 23.6. The molecule has 2 saturated heterocycles. The van der Waals surface area contributed by atoms with Gasteiger partial charge in [0, 0.05) is 6.61 Å². The first-order valence-corrected chi connectivity index (χ1v) is 14.6. The van der Waals surface area contributed by atoms with Gasteiger partial charge < -0.3 is 28.8 Å². The maximum absolute atomic E-state index is 12.3. The summed E-state index contributed by atoms with van der Waals surface area (Å²) < 4.78 is 28.0. The average molecular weight is 543 g/mol. The zero-order valence-electron chi connectivity index (χ0n) is 23.6. The smallest absolute Gasteiger partial charge is 0.338 e. The predicted octanol–water partition coefficient (Wildman–Crippen LogP) is 6.50. The van der Waals surface area contributed by atoms with E-state index in [4.69, 9.17) is 28.8 Å². The predicted molar refractivity (Wildman–Crippen MR) is 151 cm³/mol. The van der Waals surface area contributed by atoms with E-state index in [9.17, 15) is 4.79 Å². The summed E-state index contributed by atoms with van der Waals surface area (Å²) in [4.78, 5) is 12.3. The van der Waals surface area contributed by atoms with Crippen LogP contribution in [0.4, 0.5) is 0 Å². The molecule has 1 unspecified atom stereocenters. The minimum absolute atomic E-state index is 0.0753. The Balaban J connectivity index is 0.000000242. The lowest BCUT2D eigenvalue weighted by atomic mass is 10.1. The van der Waals surface area contributed by atoms with E-state index in [-0.39, 0.29) is 30.9 Å². The SMILES string of the molecule is CCCCCCOc1ccc(C(=O)OC2CO[C@@H]3CCO[C@H]23)cc1.CCCCCCOc1ccc(CO)cc1. The van der Waals surface area contributed by atoms with Crippen LogP contribution in [0.5, 0.6) is 11.5 Å². The molecule has 2 aliphatic heterocycles. The highest BCUT2D eigenvalue weighted by Crippen LogP contribution is 2.29. The number of carbonyl (C=O) groups is 1. The van der Waals surface area contributed by atoms with Crippen LogP contribution in [-0.4, -0.2) is 55.8 Å². The number of rotatable bonds is 15. The Morgan fingerprint density at radius 3 is 1.97 bits per heavy atom. The van der Waals surface area contributed by atoms with Crippen LogP contribution in [-0.2, 0) is 20.8 Å². The normalized spacial score (nSPS) is 19.6. The lowest BCUT2D eigenvalue weighted by molar-refractivity contribution is -0.0148. The summed E-state index contributed by atoms with van der Waals surface area (Å²) in [7, 11) is 0. The highest BCUT2D eigenvalue weighted by molar-refractivity contribution is 5.89. The van der Waals surface area contributed by atoms with Gasteiger partial charge in [-0.05, 0) is 61.2 Å². The lowest BCUT2D eigenvalue weighted by Gasteiger charge is -2.16. The first-order valence-electron chi connectivity index (χ1n) is 14.6. The van der Waals surface area contributed by atoms with Gasteiger partial charge in [0.1, 0.15) is 17.6 Å². The number of unbranched alkanes of at least 4 members (excludes halogenated alkanes) is 6. The molecule has 2 aliphatic rings. The van der Waals surface area contributed by atoms with Crippen molar-refractivity contribution in [3.05, 3.63) is 59.7 Å². The maximum atomic E-state index is 12.3. The van der Waals surface area contributed by atoms with Crippen LogP contribution in [0.3, 0.4) is 0 Å². The Bertz CT molecular complexity index is 929. The van der Waals surface area contributed by atoms with Crippen molar-refractivity contribution in [3.63, 3.8) is 0 Å². The average Bonchev–Trinajstić information content (AvgIpc) is 3.59. The van der Waals surface area contributed by atoms with Crippen LogP contribution in [0.15, 0.2) is 48.5 Å². The number of carbonyl (C=O) groups excluding carboxylic acids is 1. The summed E-state index contributed by atoms with van der Waals surface area (Å²) >= 11 is 0. The van der Waals surface area contributed by atoms with E-state index in [1.165, 1.54) is 38.5 Å². The van der Waals surface area contributed by atoms with Crippen molar-refractivity contribution < 1.29 is 33.6 Å². The molecule has 2 aromatic rings. The lowest BCUT2D eigenvalue weighted by Crippen LogP contribution is -2.32. The van der Waals surface area contributed by atoms with E-state index in [0.717, 1.165) is 42.9 Å². The van der Waals surface area contributed by atoms with Crippen molar-refractivity contribution in [2.75, 3.05) is 26.4 Å². The van der Waals surface area contributed by atoms with Gasteiger partial charge in [-0.3, -0.25) is 0 Å². The van der Waals surface area contributed by atoms with E-state index >= 15 is 0 Å². The summed E-state index contributed by atoms with van der Waals surface area (Å²) in [6.07, 6.45) is 10.1. The van der Waals surface area contributed by atoms with Gasteiger partial charge in [-0.1, -0.05) is 64.5 Å². The second-order valence-corrected chi connectivity index (χ2v) is 10.1. The quantitative estimate of drug-likeness (QED) is 0.203. The van der Waals surface area contributed by atoms with Gasteiger partial charge in [-0.2, -0.15) is 0 Å². The number of ether oxygens (including phenoxy) is 5. The molecule has 0 aliphatic carbocycles. The third kappa shape index (κ3) is 10.8. The molecular formula is C32H46O7. The molecule has 0 radical (unpaired) electrons. The fraction of sp³-hybridized carbons (Fsp3) is 0.594. The fourth-order valence-electron chi connectivity index (χ4n) is 4.55. The van der Waals surface area contributed by atoms with Gasteiger partial charge >= 0.3 is 5.97 Å². The second-order valence-electron chi connectivity index (χ2n) is 10.1. The molecule has 7 nitrogen and oxygen atoms in total. The van der Waals surface area contributed by atoms with Crippen LogP contribution in [0.25, 0.3) is 0 Å². The summed E-state index contributed by atoms with van der Waals surface area (Å²) in [5.41, 5.74) is 1.45. The minimum atomic E-state index is -0.339. The Morgan fingerprint density at radius 2 is 1.41 bits per heavy atom. The Hall–Kier alpha value is -2.61. The number of esters is 1. The number of hydrogen-bond donors (Lipinski definition) is 1. The highest BCUT2D eigenvalue weighted by atomic mass is 16.6. The summed E-state index contributed by atoms with van der Waals surface area (Å²) in [6.45, 7) is 7.08. The van der Waals surface area contributed by atoms with E-state index < -0.39 is 0 Å². The number of fused-ring (bicyclic) bond motifs is 1. The third-order valence-electron chi connectivity index (χ3n) is 6.91. The highest BCUT2D eigenvalue weighted by Gasteiger charge is 2.44. The molecule has 0 amide bonds. The van der Waals surface area contributed by atoms with Crippen LogP contribution in [0, 0.1) is 0 Å². The number of aliphatic hydroxyl groups excluding tert-OH is 1. The monoisotopic (exact) mass is 542 g/mol. The first kappa shape index (κ1) is 30.9. The number of aliphatic hydroxyl groups is 1. The van der Waals surface area contributed by atoms with Crippen molar-refractivity contribution in [2.24, 2.45) is 0 Å². The molecule has 4 rings (SSSR count). The molecule has 39 heavy (non-hydrogen) atoms. The summed E-state index contributed by atoms with van der Waals surface area (Å²) in [5, 5.41) is 8.86. The zero-order chi connectivity index (χ0) is 27.7. The molecule has 0 bridgehead atoms. The molecule has 0 aromatic heterocycles. The Morgan fingerprint density at radius 1 is 0.821 bits per heavy atom. The maximum Gasteiger partial charge on any atom is 0.338 e. The van der Waals surface area contributed by atoms with Gasteiger partial charge in [0.2, 0.25) is 0 Å². The molecule has 216 valence electrons. The summed E-state index contributed by atoms with van der Waals surface area (Å²) in [5.74, 6) is 1.34.